The highest BCUT2D eigenvalue weighted by Gasteiger charge is 2.54. The number of fused-ring (bicyclic) bond motifs is 2. The van der Waals surface area contributed by atoms with Crippen LogP contribution in [0.15, 0.2) is 0 Å². The molecule has 304 valence electrons. The van der Waals surface area contributed by atoms with E-state index in [2.05, 4.69) is 26.6 Å². The van der Waals surface area contributed by atoms with Gasteiger partial charge >= 0.3 is 23.9 Å². The monoisotopic (exact) mass is 775 g/mol. The SMILES string of the molecule is CC(=O)N[C@H]1[C@@H]2OC[C@@H](O2)[C@@H](OC(=O)CN)[C@@H]1O[C@H](C)C(=O)N[C@@H](C)C(=O)N[C@H](CCC(=O)N[C@@H](CCC[C@@H](N)C(=O)O)C(=O)N[C@H](C)C(=O)O)C(=O)O. The lowest BCUT2D eigenvalue weighted by atomic mass is 9.97. The lowest BCUT2D eigenvalue weighted by molar-refractivity contribution is -0.220. The molecule has 0 aromatic rings. The average molecular weight is 776 g/mol. The van der Waals surface area contributed by atoms with Crippen molar-refractivity contribution in [1.29, 1.82) is 0 Å². The first-order valence-electron chi connectivity index (χ1n) is 17.0. The Bertz CT molecular complexity index is 1410. The van der Waals surface area contributed by atoms with Gasteiger partial charge in [0.2, 0.25) is 29.5 Å². The highest BCUT2D eigenvalue weighted by Crippen LogP contribution is 2.32. The van der Waals surface area contributed by atoms with Gasteiger partial charge in [-0.3, -0.25) is 38.4 Å². The molecule has 2 saturated heterocycles. The summed E-state index contributed by atoms with van der Waals surface area (Å²) in [4.78, 5) is 110. The fourth-order valence-electron chi connectivity index (χ4n) is 5.36. The van der Waals surface area contributed by atoms with Gasteiger partial charge in [0, 0.05) is 13.3 Å². The average Bonchev–Trinajstić information content (AvgIpc) is 3.54. The second-order valence-corrected chi connectivity index (χ2v) is 12.7. The van der Waals surface area contributed by atoms with Crippen LogP contribution >= 0.6 is 0 Å². The molecule has 23 heteroatoms. The molecule has 0 aromatic heterocycles. The number of esters is 1. The Morgan fingerprint density at radius 2 is 1.43 bits per heavy atom. The predicted molar refractivity (Wildman–Crippen MR) is 179 cm³/mol. The Morgan fingerprint density at radius 3 is 2.00 bits per heavy atom. The van der Waals surface area contributed by atoms with E-state index in [1.807, 2.05) is 0 Å². The third kappa shape index (κ3) is 13.8. The minimum Gasteiger partial charge on any atom is -0.480 e. The Labute approximate surface area is 308 Å². The van der Waals surface area contributed by atoms with Gasteiger partial charge in [0.05, 0.1) is 13.2 Å². The van der Waals surface area contributed by atoms with Crippen molar-refractivity contribution in [1.82, 2.24) is 26.6 Å². The van der Waals surface area contributed by atoms with Crippen LogP contribution in [0.25, 0.3) is 0 Å². The summed E-state index contributed by atoms with van der Waals surface area (Å²) in [5.74, 6) is -9.02. The summed E-state index contributed by atoms with van der Waals surface area (Å²) in [6.07, 6.45) is -6.57. The van der Waals surface area contributed by atoms with Gasteiger partial charge in [0.25, 0.3) is 0 Å². The third-order valence-corrected chi connectivity index (χ3v) is 8.34. The lowest BCUT2D eigenvalue weighted by Gasteiger charge is -2.41. The fraction of sp³-hybridized carbons (Fsp3) is 0.710. The van der Waals surface area contributed by atoms with Crippen LogP contribution in [0.1, 0.15) is 59.8 Å². The van der Waals surface area contributed by atoms with Gasteiger partial charge in [0.1, 0.15) is 54.6 Å². The third-order valence-electron chi connectivity index (χ3n) is 8.34. The van der Waals surface area contributed by atoms with E-state index in [0.29, 0.717) is 0 Å². The first-order valence-corrected chi connectivity index (χ1v) is 17.0. The molecule has 2 fully saturated rings. The molecular formula is C31H49N7O16. The van der Waals surface area contributed by atoms with Crippen LogP contribution in [0.5, 0.6) is 0 Å². The summed E-state index contributed by atoms with van der Waals surface area (Å²) in [5.41, 5.74) is 10.9. The van der Waals surface area contributed by atoms with E-state index in [1.54, 1.807) is 0 Å². The minimum absolute atomic E-state index is 0.0148. The number of ether oxygens (including phenoxy) is 4. The highest BCUT2D eigenvalue weighted by molar-refractivity contribution is 5.92. The molecule has 2 aliphatic heterocycles. The number of rotatable bonds is 22. The second kappa shape index (κ2) is 21.1. The number of aliphatic carboxylic acids is 3. The largest absolute Gasteiger partial charge is 0.480 e. The molecule has 0 radical (unpaired) electrons. The maximum atomic E-state index is 13.1. The van der Waals surface area contributed by atoms with Gasteiger partial charge in [-0.15, -0.1) is 0 Å². The molecule has 0 aliphatic carbocycles. The van der Waals surface area contributed by atoms with Crippen LogP contribution in [0.2, 0.25) is 0 Å². The van der Waals surface area contributed by atoms with Gasteiger partial charge in [-0.1, -0.05) is 0 Å². The van der Waals surface area contributed by atoms with E-state index in [9.17, 15) is 48.3 Å². The maximum absolute atomic E-state index is 13.1. The topological polar surface area (TPSA) is 363 Å². The van der Waals surface area contributed by atoms with Crippen molar-refractivity contribution in [3.63, 3.8) is 0 Å². The number of hydrogen-bond acceptors (Lipinski definition) is 15. The van der Waals surface area contributed by atoms with Crippen molar-refractivity contribution >= 4 is 53.4 Å². The Balaban J connectivity index is 2.02. The molecule has 54 heavy (non-hydrogen) atoms. The number of carboxylic acid groups (broad SMARTS) is 3. The summed E-state index contributed by atoms with van der Waals surface area (Å²) < 4.78 is 22.6. The molecule has 0 aromatic carbocycles. The molecule has 0 unspecified atom stereocenters. The van der Waals surface area contributed by atoms with E-state index >= 15 is 0 Å². The number of hydrogen-bond donors (Lipinski definition) is 10. The molecule has 5 amide bonds. The van der Waals surface area contributed by atoms with Crippen molar-refractivity contribution in [2.75, 3.05) is 13.2 Å². The van der Waals surface area contributed by atoms with Gasteiger partial charge in [0.15, 0.2) is 12.4 Å². The van der Waals surface area contributed by atoms with Gasteiger partial charge in [-0.25, -0.2) is 4.79 Å². The predicted octanol–water partition coefficient (Wildman–Crippen LogP) is -4.60. The van der Waals surface area contributed by atoms with Gasteiger partial charge in [-0.05, 0) is 46.5 Å². The standard InChI is InChI=1S/C31H49N7O16/c1-12(34-26(43)14(3)52-24-22(36-15(4)39)31-51-11-19(53-31)23(24)54-21(41)10-32)25(42)38-18(30(49)50)8-9-20(40)37-17(7-5-6-16(33)29(47)48)27(44)35-13(2)28(45)46/h12-14,16-19,22-24,31H,5-11,32-33H2,1-4H3,(H,34,43)(H,35,44)(H,36,39)(H,37,40)(H,38,42)(H,45,46)(H,47,48)(H,49,50)/t12-,13+,14+,16+,17-,18+,19+,22+,23+,24+,31+/m0/s1. The minimum atomic E-state index is -1.64. The van der Waals surface area contributed by atoms with E-state index < -0.39 is 140 Å². The van der Waals surface area contributed by atoms with Gasteiger partial charge < -0.3 is 72.3 Å². The fourth-order valence-corrected chi connectivity index (χ4v) is 5.36. The van der Waals surface area contributed by atoms with E-state index in [0.717, 1.165) is 0 Å². The second-order valence-electron chi connectivity index (χ2n) is 12.7. The smallest absolute Gasteiger partial charge is 0.326 e. The van der Waals surface area contributed by atoms with Crippen molar-refractivity contribution in [3.8, 4) is 0 Å². The van der Waals surface area contributed by atoms with Crippen molar-refractivity contribution in [2.45, 2.75) is 127 Å². The molecular weight excluding hydrogens is 726 g/mol. The zero-order chi connectivity index (χ0) is 40.9. The summed E-state index contributed by atoms with van der Waals surface area (Å²) in [7, 11) is 0. The maximum Gasteiger partial charge on any atom is 0.326 e. The summed E-state index contributed by atoms with van der Waals surface area (Å²) >= 11 is 0. The molecule has 2 aliphatic rings. The zero-order valence-corrected chi connectivity index (χ0v) is 30.1. The summed E-state index contributed by atoms with van der Waals surface area (Å²) in [5, 5.41) is 39.6. The van der Waals surface area contributed by atoms with Crippen LogP contribution in [-0.2, 0) is 62.1 Å². The normalized spacial score (nSPS) is 23.6. The summed E-state index contributed by atoms with van der Waals surface area (Å²) in [6, 6.07) is -7.89. The first-order chi connectivity index (χ1) is 25.2. The zero-order valence-electron chi connectivity index (χ0n) is 30.1. The molecule has 0 saturated carbocycles. The Hall–Kier alpha value is -4.97. The molecule has 2 heterocycles. The number of carbonyl (C=O) groups excluding carboxylic acids is 6. The van der Waals surface area contributed by atoms with Crippen molar-refractivity contribution in [2.24, 2.45) is 11.5 Å². The van der Waals surface area contributed by atoms with E-state index in [-0.39, 0.29) is 25.9 Å². The highest BCUT2D eigenvalue weighted by atomic mass is 16.7. The quantitative estimate of drug-likeness (QED) is 0.0462. The molecule has 2 bridgehead atoms. The van der Waals surface area contributed by atoms with Crippen LogP contribution in [-0.4, -0.2) is 149 Å². The molecule has 11 atom stereocenters. The Kier molecular flexibility index (Phi) is 17.6. The van der Waals surface area contributed by atoms with Crippen LogP contribution in [0, 0.1) is 0 Å². The van der Waals surface area contributed by atoms with Crippen molar-refractivity contribution in [3.05, 3.63) is 0 Å². The number of amides is 5. The van der Waals surface area contributed by atoms with Crippen molar-refractivity contribution < 1.29 is 77.4 Å². The first kappa shape index (κ1) is 45.2. The van der Waals surface area contributed by atoms with Crippen LogP contribution in [0.3, 0.4) is 0 Å². The number of carboxylic acids is 3. The molecule has 0 spiro atoms. The van der Waals surface area contributed by atoms with Crippen LogP contribution < -0.4 is 38.1 Å². The molecule has 2 rings (SSSR count). The Morgan fingerprint density at radius 1 is 0.778 bits per heavy atom. The lowest BCUT2D eigenvalue weighted by Crippen LogP contribution is -2.63. The number of nitrogens with two attached hydrogens (primary N) is 2. The van der Waals surface area contributed by atoms with Crippen LogP contribution in [0.4, 0.5) is 0 Å². The van der Waals surface area contributed by atoms with Gasteiger partial charge in [-0.2, -0.15) is 0 Å². The summed E-state index contributed by atoms with van der Waals surface area (Å²) in [6.45, 7) is 4.48. The number of nitrogens with one attached hydrogen (secondary N) is 5. The number of carbonyl (C=O) groups is 9. The molecule has 23 nitrogen and oxygen atoms in total. The van der Waals surface area contributed by atoms with E-state index in [1.165, 1.54) is 27.7 Å². The molecule has 12 N–H and O–H groups in total. The van der Waals surface area contributed by atoms with E-state index in [4.69, 9.17) is 40.6 Å².